The van der Waals surface area contributed by atoms with E-state index >= 15 is 0 Å². The highest BCUT2D eigenvalue weighted by atomic mass is 31.2. The molecule has 0 aromatic carbocycles. The van der Waals surface area contributed by atoms with E-state index in [2.05, 4.69) is 13.8 Å². The maximum absolute atomic E-state index is 9.47. The summed E-state index contributed by atoms with van der Waals surface area (Å²) in [6, 6.07) is 0. The Kier molecular flexibility index (Phi) is 15.6. The number of unbranched alkanes of at least 4 members (excludes halogenated alkanes) is 8. The summed E-state index contributed by atoms with van der Waals surface area (Å²) in [5, 5.41) is 0. The molecule has 0 saturated carbocycles. The summed E-state index contributed by atoms with van der Waals surface area (Å²) < 4.78 is 10.5. The van der Waals surface area contributed by atoms with E-state index in [4.69, 9.17) is 9.05 Å². The molecular formula is C14H31O3P. The van der Waals surface area contributed by atoms with Gasteiger partial charge in [-0.3, -0.25) is 0 Å². The van der Waals surface area contributed by atoms with Crippen molar-refractivity contribution in [3.63, 3.8) is 0 Å². The van der Waals surface area contributed by atoms with Crippen LogP contribution in [0.1, 0.15) is 78.1 Å². The van der Waals surface area contributed by atoms with Gasteiger partial charge in [-0.1, -0.05) is 65.2 Å². The smallest absolute Gasteiger partial charge is 0.328 e. The molecule has 4 heteroatoms. The molecule has 0 aromatic rings. The van der Waals surface area contributed by atoms with E-state index in [1.165, 1.54) is 51.4 Å². The largest absolute Gasteiger partial charge is 0.329 e. The second-order valence-electron chi connectivity index (χ2n) is 4.73. The quantitative estimate of drug-likeness (QED) is 0.351. The number of rotatable bonds is 14. The summed E-state index contributed by atoms with van der Waals surface area (Å²) >= 11 is 0. The SMILES string of the molecule is CCCCCCCOP(O)OCCCCCCC. The summed E-state index contributed by atoms with van der Waals surface area (Å²) in [6.07, 6.45) is 12.1. The van der Waals surface area contributed by atoms with Crippen molar-refractivity contribution in [1.82, 2.24) is 0 Å². The maximum atomic E-state index is 9.47. The lowest BCUT2D eigenvalue weighted by molar-refractivity contribution is 0.194. The third-order valence-corrected chi connectivity index (χ3v) is 3.71. The van der Waals surface area contributed by atoms with Crippen LogP contribution in [0.4, 0.5) is 0 Å². The van der Waals surface area contributed by atoms with Gasteiger partial charge in [-0.05, 0) is 12.8 Å². The standard InChI is InChI=1S/C14H31O3P/c1-3-5-7-9-11-13-16-18(15)17-14-12-10-8-6-4-2/h15H,3-14H2,1-2H3. The van der Waals surface area contributed by atoms with Crippen LogP contribution < -0.4 is 0 Å². The Labute approximate surface area is 114 Å². The molecule has 0 heterocycles. The molecular weight excluding hydrogens is 247 g/mol. The predicted molar refractivity (Wildman–Crippen MR) is 78.6 cm³/mol. The molecule has 0 fully saturated rings. The monoisotopic (exact) mass is 278 g/mol. The zero-order valence-corrected chi connectivity index (χ0v) is 13.1. The lowest BCUT2D eigenvalue weighted by Gasteiger charge is -2.10. The van der Waals surface area contributed by atoms with Crippen LogP contribution in [0.15, 0.2) is 0 Å². The van der Waals surface area contributed by atoms with Gasteiger partial charge in [-0.25, -0.2) is 0 Å². The van der Waals surface area contributed by atoms with Gasteiger partial charge in [0.05, 0.1) is 13.2 Å². The predicted octanol–water partition coefficient (Wildman–Crippen LogP) is 5.18. The molecule has 0 saturated heterocycles. The van der Waals surface area contributed by atoms with Crippen LogP contribution in [0, 0.1) is 0 Å². The average molecular weight is 278 g/mol. The van der Waals surface area contributed by atoms with Crippen molar-refractivity contribution in [3.8, 4) is 0 Å². The Morgan fingerprint density at radius 1 is 0.667 bits per heavy atom. The zero-order chi connectivity index (χ0) is 13.5. The molecule has 0 amide bonds. The van der Waals surface area contributed by atoms with E-state index < -0.39 is 8.60 Å². The molecule has 0 radical (unpaired) electrons. The maximum Gasteiger partial charge on any atom is 0.329 e. The lowest BCUT2D eigenvalue weighted by Crippen LogP contribution is -1.95. The Balaban J connectivity index is 3.10. The highest BCUT2D eigenvalue weighted by Gasteiger charge is 2.05. The van der Waals surface area contributed by atoms with Crippen molar-refractivity contribution in [3.05, 3.63) is 0 Å². The minimum atomic E-state index is -1.63. The minimum absolute atomic E-state index is 0.627. The third kappa shape index (κ3) is 14.4. The number of hydrogen-bond acceptors (Lipinski definition) is 3. The van der Waals surface area contributed by atoms with Crippen molar-refractivity contribution >= 4 is 8.60 Å². The minimum Gasteiger partial charge on any atom is -0.328 e. The van der Waals surface area contributed by atoms with Gasteiger partial charge in [0, 0.05) is 0 Å². The molecule has 0 aliphatic carbocycles. The molecule has 0 aliphatic rings. The molecule has 0 unspecified atom stereocenters. The molecule has 1 N–H and O–H groups in total. The first-order valence-electron chi connectivity index (χ1n) is 7.56. The Hall–Kier alpha value is 0.310. The highest BCUT2D eigenvalue weighted by Crippen LogP contribution is 2.33. The first-order chi connectivity index (χ1) is 8.81. The first kappa shape index (κ1) is 18.3. The Morgan fingerprint density at radius 3 is 1.44 bits per heavy atom. The van der Waals surface area contributed by atoms with Crippen LogP contribution in [0.3, 0.4) is 0 Å². The fraction of sp³-hybridized carbons (Fsp3) is 1.00. The van der Waals surface area contributed by atoms with Gasteiger partial charge in [0.1, 0.15) is 0 Å². The van der Waals surface area contributed by atoms with Crippen molar-refractivity contribution in [2.75, 3.05) is 13.2 Å². The van der Waals surface area contributed by atoms with Crippen LogP contribution in [0.5, 0.6) is 0 Å². The second kappa shape index (κ2) is 15.4. The van der Waals surface area contributed by atoms with E-state index in [9.17, 15) is 4.89 Å². The van der Waals surface area contributed by atoms with Crippen molar-refractivity contribution in [2.45, 2.75) is 78.1 Å². The van der Waals surface area contributed by atoms with Gasteiger partial charge in [-0.15, -0.1) is 0 Å². The summed E-state index contributed by atoms with van der Waals surface area (Å²) in [4.78, 5) is 9.47. The van der Waals surface area contributed by atoms with E-state index in [0.717, 1.165) is 12.8 Å². The third-order valence-electron chi connectivity index (χ3n) is 2.90. The van der Waals surface area contributed by atoms with Gasteiger partial charge in [0.2, 0.25) is 0 Å². The highest BCUT2D eigenvalue weighted by molar-refractivity contribution is 7.40. The Bertz CT molecular complexity index is 140. The molecule has 0 atom stereocenters. The van der Waals surface area contributed by atoms with Crippen LogP contribution in [0.25, 0.3) is 0 Å². The van der Waals surface area contributed by atoms with Gasteiger partial charge < -0.3 is 13.9 Å². The average Bonchev–Trinajstić information content (AvgIpc) is 2.38. The molecule has 0 aliphatic heterocycles. The second-order valence-corrected chi connectivity index (χ2v) is 5.72. The molecule has 110 valence electrons. The summed E-state index contributed by atoms with van der Waals surface area (Å²) in [6.45, 7) is 5.67. The van der Waals surface area contributed by atoms with E-state index in [-0.39, 0.29) is 0 Å². The fourth-order valence-corrected chi connectivity index (χ4v) is 2.38. The summed E-state index contributed by atoms with van der Waals surface area (Å²) in [5.41, 5.74) is 0. The molecule has 0 spiro atoms. The Morgan fingerprint density at radius 2 is 1.06 bits per heavy atom. The molecule has 0 rings (SSSR count). The van der Waals surface area contributed by atoms with Crippen molar-refractivity contribution in [1.29, 1.82) is 0 Å². The van der Waals surface area contributed by atoms with E-state index in [1.54, 1.807) is 0 Å². The van der Waals surface area contributed by atoms with Gasteiger partial charge in [0.25, 0.3) is 0 Å². The molecule has 18 heavy (non-hydrogen) atoms. The summed E-state index contributed by atoms with van der Waals surface area (Å²) in [7, 11) is -1.63. The van der Waals surface area contributed by atoms with Crippen molar-refractivity contribution < 1.29 is 13.9 Å². The molecule has 0 bridgehead atoms. The van der Waals surface area contributed by atoms with E-state index in [1.807, 2.05) is 0 Å². The number of hydrogen-bond donors (Lipinski definition) is 1. The van der Waals surface area contributed by atoms with Gasteiger partial charge >= 0.3 is 8.60 Å². The van der Waals surface area contributed by atoms with Crippen LogP contribution in [-0.4, -0.2) is 18.1 Å². The summed E-state index contributed by atoms with van der Waals surface area (Å²) in [5.74, 6) is 0. The van der Waals surface area contributed by atoms with Gasteiger partial charge in [-0.2, -0.15) is 0 Å². The van der Waals surface area contributed by atoms with Gasteiger partial charge in [0.15, 0.2) is 0 Å². The zero-order valence-electron chi connectivity index (χ0n) is 12.2. The van der Waals surface area contributed by atoms with E-state index in [0.29, 0.717) is 13.2 Å². The lowest BCUT2D eigenvalue weighted by atomic mass is 10.2. The fourth-order valence-electron chi connectivity index (χ4n) is 1.73. The van der Waals surface area contributed by atoms with Crippen LogP contribution >= 0.6 is 8.60 Å². The first-order valence-corrected chi connectivity index (χ1v) is 8.69. The normalized spacial score (nSPS) is 11.3. The van der Waals surface area contributed by atoms with Crippen LogP contribution in [0.2, 0.25) is 0 Å². The topological polar surface area (TPSA) is 38.7 Å². The van der Waals surface area contributed by atoms with Crippen molar-refractivity contribution in [2.24, 2.45) is 0 Å². The molecule has 3 nitrogen and oxygen atoms in total. The van der Waals surface area contributed by atoms with Crippen LogP contribution in [-0.2, 0) is 9.05 Å². The molecule has 0 aromatic heterocycles.